The Morgan fingerprint density at radius 2 is 1.85 bits per heavy atom. The van der Waals surface area contributed by atoms with E-state index in [9.17, 15) is 13.2 Å². The maximum Gasteiger partial charge on any atom is 0.391 e. The highest BCUT2D eigenvalue weighted by Gasteiger charge is 2.42. The van der Waals surface area contributed by atoms with Crippen molar-refractivity contribution in [3.8, 4) is 0 Å². The summed E-state index contributed by atoms with van der Waals surface area (Å²) in [5, 5.41) is 5.07. The van der Waals surface area contributed by atoms with E-state index in [1.54, 1.807) is 10.9 Å². The molecule has 3 aromatic heterocycles. The van der Waals surface area contributed by atoms with E-state index in [1.165, 1.54) is 0 Å². The number of hydrogen-bond acceptors (Lipinski definition) is 6. The Morgan fingerprint density at radius 3 is 2.55 bits per heavy atom. The minimum atomic E-state index is -4.13. The number of pyridine rings is 1. The van der Waals surface area contributed by atoms with Gasteiger partial charge in [0.05, 0.1) is 31.0 Å². The zero-order valence-corrected chi connectivity index (χ0v) is 18.7. The molecule has 1 aliphatic heterocycles. The van der Waals surface area contributed by atoms with Crippen LogP contribution in [0.25, 0.3) is 11.0 Å². The first-order valence-electron chi connectivity index (χ1n) is 11.3. The van der Waals surface area contributed by atoms with Crippen molar-refractivity contribution in [3.63, 3.8) is 0 Å². The third-order valence-electron chi connectivity index (χ3n) is 6.74. The quantitative estimate of drug-likeness (QED) is 0.574. The standard InChI is InChI=1S/C23H27F3N6O/c1-14-3-8-18-20(15-4-6-17(7-5-15)23(24,25)26)29-22(30-21(18)28-14)32-9-10-33-19(13-32)16-11-27-31(2)12-16/h3,8,11-12,15,17,19H,4-7,9-10,13H2,1-2H3/t15-,17-,19-/m0/s1. The maximum absolute atomic E-state index is 13.2. The molecule has 5 rings (SSSR count). The summed E-state index contributed by atoms with van der Waals surface area (Å²) in [6.45, 7) is 3.63. The Bertz CT molecular complexity index is 1140. The highest BCUT2D eigenvalue weighted by atomic mass is 19.4. The topological polar surface area (TPSA) is 69.0 Å². The second-order valence-electron chi connectivity index (χ2n) is 9.08. The molecule has 2 aliphatic rings. The largest absolute Gasteiger partial charge is 0.391 e. The van der Waals surface area contributed by atoms with Crippen LogP contribution >= 0.6 is 0 Å². The molecule has 1 saturated heterocycles. The van der Waals surface area contributed by atoms with Crippen LogP contribution in [0.1, 0.15) is 54.7 Å². The summed E-state index contributed by atoms with van der Waals surface area (Å²) < 4.78 is 47.3. The van der Waals surface area contributed by atoms with Gasteiger partial charge in [0.15, 0.2) is 5.65 Å². The molecule has 4 heterocycles. The molecule has 0 unspecified atom stereocenters. The van der Waals surface area contributed by atoms with Crippen LogP contribution in [-0.4, -0.2) is 50.6 Å². The van der Waals surface area contributed by atoms with Crippen molar-refractivity contribution in [2.45, 2.75) is 50.8 Å². The Morgan fingerprint density at radius 1 is 1.06 bits per heavy atom. The van der Waals surface area contributed by atoms with Gasteiger partial charge in [-0.15, -0.1) is 0 Å². The number of aromatic nitrogens is 5. The minimum Gasteiger partial charge on any atom is -0.370 e. The maximum atomic E-state index is 13.2. The normalized spacial score (nSPS) is 24.4. The molecule has 1 saturated carbocycles. The van der Waals surface area contributed by atoms with Crippen molar-refractivity contribution in [2.75, 3.05) is 24.6 Å². The number of alkyl halides is 3. The third-order valence-corrected chi connectivity index (χ3v) is 6.74. The number of nitrogens with zero attached hydrogens (tertiary/aromatic N) is 6. The van der Waals surface area contributed by atoms with Gasteiger partial charge in [0.25, 0.3) is 0 Å². The lowest BCUT2D eigenvalue weighted by molar-refractivity contribution is -0.182. The number of hydrogen-bond donors (Lipinski definition) is 0. The minimum absolute atomic E-state index is 0.0347. The molecule has 176 valence electrons. The number of halogens is 3. The molecule has 3 aromatic rings. The molecule has 2 fully saturated rings. The van der Waals surface area contributed by atoms with Gasteiger partial charge in [0.2, 0.25) is 5.95 Å². The predicted octanol–water partition coefficient (Wildman–Crippen LogP) is 4.48. The molecular weight excluding hydrogens is 433 g/mol. The first kappa shape index (κ1) is 22.1. The molecule has 0 amide bonds. The molecule has 0 radical (unpaired) electrons. The van der Waals surface area contributed by atoms with Crippen LogP contribution in [0, 0.1) is 12.8 Å². The Hall–Kier alpha value is -2.75. The Kier molecular flexibility index (Phi) is 5.72. The fourth-order valence-electron chi connectivity index (χ4n) is 4.90. The lowest BCUT2D eigenvalue weighted by Gasteiger charge is -2.34. The summed E-state index contributed by atoms with van der Waals surface area (Å²) in [5.41, 5.74) is 3.24. The average molecular weight is 461 g/mol. The van der Waals surface area contributed by atoms with Crippen molar-refractivity contribution < 1.29 is 17.9 Å². The van der Waals surface area contributed by atoms with Crippen LogP contribution in [0.2, 0.25) is 0 Å². The summed E-state index contributed by atoms with van der Waals surface area (Å²) in [6.07, 6.45) is 0.649. The van der Waals surface area contributed by atoms with Crippen molar-refractivity contribution in [1.29, 1.82) is 0 Å². The molecule has 10 heteroatoms. The summed E-state index contributed by atoms with van der Waals surface area (Å²) in [6, 6.07) is 3.85. The van der Waals surface area contributed by atoms with Crippen LogP contribution in [-0.2, 0) is 11.8 Å². The number of fused-ring (bicyclic) bond motifs is 1. The van der Waals surface area contributed by atoms with Gasteiger partial charge in [-0.2, -0.15) is 23.3 Å². The lowest BCUT2D eigenvalue weighted by atomic mass is 9.79. The van der Waals surface area contributed by atoms with E-state index in [0.717, 1.165) is 22.3 Å². The third kappa shape index (κ3) is 4.53. The second kappa shape index (κ2) is 8.55. The van der Waals surface area contributed by atoms with Gasteiger partial charge in [-0.3, -0.25) is 4.68 Å². The lowest BCUT2D eigenvalue weighted by Crippen LogP contribution is -2.39. The molecule has 33 heavy (non-hydrogen) atoms. The number of anilines is 1. The van der Waals surface area contributed by atoms with Crippen molar-refractivity contribution in [1.82, 2.24) is 24.7 Å². The van der Waals surface area contributed by atoms with Crippen LogP contribution in [0.15, 0.2) is 24.5 Å². The van der Waals surface area contributed by atoms with E-state index >= 15 is 0 Å². The summed E-state index contributed by atoms with van der Waals surface area (Å²) in [7, 11) is 1.87. The van der Waals surface area contributed by atoms with Gasteiger partial charge in [-0.1, -0.05) is 0 Å². The van der Waals surface area contributed by atoms with Gasteiger partial charge < -0.3 is 9.64 Å². The SMILES string of the molecule is Cc1ccc2c(n1)nc(N1CCO[C@H](c3cnn(C)c3)C1)nc2[C@H]1CC[C@H](C(F)(F)F)CC1. The van der Waals surface area contributed by atoms with Crippen molar-refractivity contribution in [3.05, 3.63) is 41.5 Å². The Labute approximate surface area is 190 Å². The van der Waals surface area contributed by atoms with Gasteiger partial charge in [-0.25, -0.2) is 9.97 Å². The van der Waals surface area contributed by atoms with Crippen LogP contribution < -0.4 is 4.90 Å². The predicted molar refractivity (Wildman–Crippen MR) is 117 cm³/mol. The average Bonchev–Trinajstić information content (AvgIpc) is 3.24. The van der Waals surface area contributed by atoms with Crippen LogP contribution in [0.3, 0.4) is 0 Å². The molecule has 0 aromatic carbocycles. The number of ether oxygens (including phenoxy) is 1. The van der Waals surface area contributed by atoms with Gasteiger partial charge in [-0.05, 0) is 44.7 Å². The second-order valence-corrected chi connectivity index (χ2v) is 9.08. The van der Waals surface area contributed by atoms with E-state index < -0.39 is 12.1 Å². The molecule has 0 spiro atoms. The highest BCUT2D eigenvalue weighted by Crippen LogP contribution is 2.44. The van der Waals surface area contributed by atoms with Crippen molar-refractivity contribution >= 4 is 17.0 Å². The zero-order chi connectivity index (χ0) is 23.2. The van der Waals surface area contributed by atoms with E-state index in [2.05, 4.69) is 15.0 Å². The van der Waals surface area contributed by atoms with E-state index in [1.807, 2.05) is 32.3 Å². The molecule has 1 atom stereocenters. The first-order valence-corrected chi connectivity index (χ1v) is 11.3. The fourth-order valence-corrected chi connectivity index (χ4v) is 4.90. The van der Waals surface area contributed by atoms with E-state index in [4.69, 9.17) is 14.7 Å². The van der Waals surface area contributed by atoms with Crippen LogP contribution in [0.4, 0.5) is 19.1 Å². The molecule has 0 bridgehead atoms. The van der Waals surface area contributed by atoms with Crippen LogP contribution in [0.5, 0.6) is 0 Å². The zero-order valence-electron chi connectivity index (χ0n) is 18.7. The van der Waals surface area contributed by atoms with E-state index in [-0.39, 0.29) is 24.9 Å². The van der Waals surface area contributed by atoms with Gasteiger partial charge in [0, 0.05) is 42.4 Å². The molecular formula is C23H27F3N6O. The first-order chi connectivity index (χ1) is 15.8. The highest BCUT2D eigenvalue weighted by molar-refractivity contribution is 5.79. The molecule has 7 nitrogen and oxygen atoms in total. The number of aryl methyl sites for hydroxylation is 2. The monoisotopic (exact) mass is 460 g/mol. The number of rotatable bonds is 3. The fraction of sp³-hybridized carbons (Fsp3) is 0.565. The van der Waals surface area contributed by atoms with E-state index in [0.29, 0.717) is 44.1 Å². The molecule has 0 N–H and O–H groups in total. The Balaban J connectivity index is 1.46. The molecule has 1 aliphatic carbocycles. The summed E-state index contributed by atoms with van der Waals surface area (Å²) >= 11 is 0. The van der Waals surface area contributed by atoms with Gasteiger partial charge in [0.1, 0.15) is 6.10 Å². The van der Waals surface area contributed by atoms with Crippen molar-refractivity contribution in [2.24, 2.45) is 13.0 Å². The van der Waals surface area contributed by atoms with Gasteiger partial charge >= 0.3 is 6.18 Å². The summed E-state index contributed by atoms with van der Waals surface area (Å²) in [4.78, 5) is 16.4. The number of morpholine rings is 1. The smallest absolute Gasteiger partial charge is 0.370 e. The summed E-state index contributed by atoms with van der Waals surface area (Å²) in [5.74, 6) is -0.695.